The lowest BCUT2D eigenvalue weighted by atomic mass is 10.1. The standard InChI is InChI=1S/C18H17NO5/c1-12-4-3-5-15(10-12)19-16(20)11-24-18(22)14-8-6-13(7-9-14)17(21)23-2/h3-10H,11H2,1-2H3,(H,19,20). The number of carbonyl (C=O) groups excluding carboxylic acids is 3. The number of ether oxygens (including phenoxy) is 2. The number of amides is 1. The third kappa shape index (κ3) is 4.67. The molecule has 24 heavy (non-hydrogen) atoms. The van der Waals surface area contributed by atoms with E-state index in [2.05, 4.69) is 10.1 Å². The van der Waals surface area contributed by atoms with Crippen molar-refractivity contribution in [1.29, 1.82) is 0 Å². The molecule has 0 aliphatic carbocycles. The molecule has 0 unspecified atom stereocenters. The van der Waals surface area contributed by atoms with E-state index in [1.807, 2.05) is 25.1 Å². The lowest BCUT2D eigenvalue weighted by molar-refractivity contribution is -0.119. The van der Waals surface area contributed by atoms with Crippen LogP contribution in [0.15, 0.2) is 48.5 Å². The van der Waals surface area contributed by atoms with Gasteiger partial charge in [-0.2, -0.15) is 0 Å². The lowest BCUT2D eigenvalue weighted by Gasteiger charge is -2.07. The Hall–Kier alpha value is -3.15. The van der Waals surface area contributed by atoms with Gasteiger partial charge in [-0.3, -0.25) is 4.79 Å². The molecule has 0 fully saturated rings. The van der Waals surface area contributed by atoms with Crippen LogP contribution in [0.25, 0.3) is 0 Å². The number of carbonyl (C=O) groups is 3. The van der Waals surface area contributed by atoms with Crippen LogP contribution < -0.4 is 5.32 Å². The second-order valence-corrected chi connectivity index (χ2v) is 5.06. The van der Waals surface area contributed by atoms with Gasteiger partial charge in [0.1, 0.15) is 0 Å². The smallest absolute Gasteiger partial charge is 0.338 e. The highest BCUT2D eigenvalue weighted by molar-refractivity contribution is 5.96. The fourth-order valence-corrected chi connectivity index (χ4v) is 1.99. The maximum absolute atomic E-state index is 11.9. The summed E-state index contributed by atoms with van der Waals surface area (Å²) in [5, 5.41) is 2.64. The average molecular weight is 327 g/mol. The highest BCUT2D eigenvalue weighted by atomic mass is 16.5. The molecule has 0 aromatic heterocycles. The first-order chi connectivity index (χ1) is 11.5. The molecule has 0 heterocycles. The molecule has 124 valence electrons. The quantitative estimate of drug-likeness (QED) is 0.854. The Bertz CT molecular complexity index is 752. The molecule has 2 aromatic rings. The van der Waals surface area contributed by atoms with Crippen LogP contribution in [-0.4, -0.2) is 31.6 Å². The number of nitrogens with one attached hydrogen (secondary N) is 1. The van der Waals surface area contributed by atoms with Gasteiger partial charge in [-0.25, -0.2) is 9.59 Å². The van der Waals surface area contributed by atoms with Gasteiger partial charge < -0.3 is 14.8 Å². The third-order valence-corrected chi connectivity index (χ3v) is 3.18. The molecule has 0 spiro atoms. The van der Waals surface area contributed by atoms with Gasteiger partial charge in [-0.1, -0.05) is 12.1 Å². The number of hydrogen-bond acceptors (Lipinski definition) is 5. The zero-order valence-corrected chi connectivity index (χ0v) is 13.4. The second kappa shape index (κ2) is 7.92. The number of benzene rings is 2. The normalized spacial score (nSPS) is 9.92. The van der Waals surface area contributed by atoms with Gasteiger partial charge >= 0.3 is 11.9 Å². The monoisotopic (exact) mass is 327 g/mol. The zero-order chi connectivity index (χ0) is 17.5. The van der Waals surface area contributed by atoms with E-state index in [-0.39, 0.29) is 5.56 Å². The molecule has 2 aromatic carbocycles. The van der Waals surface area contributed by atoms with Crippen molar-refractivity contribution < 1.29 is 23.9 Å². The van der Waals surface area contributed by atoms with Gasteiger partial charge in [0.15, 0.2) is 6.61 Å². The highest BCUT2D eigenvalue weighted by Crippen LogP contribution is 2.10. The minimum atomic E-state index is -0.647. The second-order valence-electron chi connectivity index (χ2n) is 5.06. The Morgan fingerprint density at radius 3 is 2.17 bits per heavy atom. The van der Waals surface area contributed by atoms with Crippen LogP contribution in [0.1, 0.15) is 26.3 Å². The largest absolute Gasteiger partial charge is 0.465 e. The van der Waals surface area contributed by atoms with Gasteiger partial charge in [0.2, 0.25) is 0 Å². The molecule has 0 bridgehead atoms. The van der Waals surface area contributed by atoms with E-state index in [1.165, 1.54) is 31.4 Å². The summed E-state index contributed by atoms with van der Waals surface area (Å²) in [6.45, 7) is 1.51. The Labute approximate surface area is 139 Å². The van der Waals surface area contributed by atoms with E-state index >= 15 is 0 Å². The molecular weight excluding hydrogens is 310 g/mol. The van der Waals surface area contributed by atoms with Crippen LogP contribution in [0, 0.1) is 6.92 Å². The molecule has 6 heteroatoms. The summed E-state index contributed by atoms with van der Waals surface area (Å²) < 4.78 is 9.52. The Kier molecular flexibility index (Phi) is 5.68. The van der Waals surface area contributed by atoms with Gasteiger partial charge in [-0.05, 0) is 48.9 Å². The summed E-state index contributed by atoms with van der Waals surface area (Å²) in [5.41, 5.74) is 2.21. The topological polar surface area (TPSA) is 81.7 Å². The fraction of sp³-hybridized carbons (Fsp3) is 0.167. The van der Waals surface area contributed by atoms with Crippen LogP contribution in [0.3, 0.4) is 0 Å². The summed E-state index contributed by atoms with van der Waals surface area (Å²) in [6, 6.07) is 13.1. The van der Waals surface area contributed by atoms with Crippen LogP contribution in [0.4, 0.5) is 5.69 Å². The number of hydrogen-bond donors (Lipinski definition) is 1. The van der Waals surface area contributed by atoms with Crippen molar-refractivity contribution in [1.82, 2.24) is 0 Å². The summed E-state index contributed by atoms with van der Waals surface area (Å²) in [5.74, 6) is -1.57. The minimum Gasteiger partial charge on any atom is -0.465 e. The average Bonchev–Trinajstić information content (AvgIpc) is 2.59. The first-order valence-electron chi connectivity index (χ1n) is 7.21. The van der Waals surface area contributed by atoms with Crippen molar-refractivity contribution in [2.75, 3.05) is 19.0 Å². The van der Waals surface area contributed by atoms with Crippen molar-refractivity contribution in [3.63, 3.8) is 0 Å². The number of esters is 2. The van der Waals surface area contributed by atoms with Crippen LogP contribution in [0.5, 0.6) is 0 Å². The van der Waals surface area contributed by atoms with Crippen molar-refractivity contribution in [3.8, 4) is 0 Å². The van der Waals surface area contributed by atoms with Crippen LogP contribution >= 0.6 is 0 Å². The predicted molar refractivity (Wildman–Crippen MR) is 87.9 cm³/mol. The maximum atomic E-state index is 11.9. The van der Waals surface area contributed by atoms with Gasteiger partial charge in [-0.15, -0.1) is 0 Å². The fourth-order valence-electron chi connectivity index (χ4n) is 1.99. The number of methoxy groups -OCH3 is 1. The molecule has 0 aliphatic heterocycles. The Morgan fingerprint density at radius 2 is 1.58 bits per heavy atom. The first kappa shape index (κ1) is 17.2. The van der Waals surface area contributed by atoms with Gasteiger partial charge in [0.05, 0.1) is 18.2 Å². The molecule has 1 N–H and O–H groups in total. The van der Waals surface area contributed by atoms with Crippen molar-refractivity contribution in [2.24, 2.45) is 0 Å². The molecule has 0 saturated heterocycles. The van der Waals surface area contributed by atoms with Gasteiger partial charge in [0.25, 0.3) is 5.91 Å². The van der Waals surface area contributed by atoms with Gasteiger partial charge in [0, 0.05) is 5.69 Å². The third-order valence-electron chi connectivity index (χ3n) is 3.18. The summed E-state index contributed by atoms with van der Waals surface area (Å²) in [6.07, 6.45) is 0. The maximum Gasteiger partial charge on any atom is 0.338 e. The summed E-state index contributed by atoms with van der Waals surface area (Å²) in [7, 11) is 1.28. The molecule has 1 amide bonds. The van der Waals surface area contributed by atoms with Crippen molar-refractivity contribution in [3.05, 3.63) is 65.2 Å². The van der Waals surface area contributed by atoms with E-state index in [0.29, 0.717) is 11.3 Å². The Balaban J connectivity index is 1.88. The molecule has 2 rings (SSSR count). The van der Waals surface area contributed by atoms with Crippen molar-refractivity contribution in [2.45, 2.75) is 6.92 Å². The number of rotatable bonds is 5. The molecule has 0 radical (unpaired) electrons. The van der Waals surface area contributed by atoms with E-state index < -0.39 is 24.5 Å². The number of aryl methyl sites for hydroxylation is 1. The van der Waals surface area contributed by atoms with Crippen molar-refractivity contribution >= 4 is 23.5 Å². The van der Waals surface area contributed by atoms with E-state index in [0.717, 1.165) is 5.56 Å². The predicted octanol–water partition coefficient (Wildman–Crippen LogP) is 2.58. The zero-order valence-electron chi connectivity index (χ0n) is 13.4. The number of anilines is 1. The minimum absolute atomic E-state index is 0.242. The summed E-state index contributed by atoms with van der Waals surface area (Å²) >= 11 is 0. The van der Waals surface area contributed by atoms with E-state index in [4.69, 9.17) is 4.74 Å². The SMILES string of the molecule is COC(=O)c1ccc(C(=O)OCC(=O)Nc2cccc(C)c2)cc1. The van der Waals surface area contributed by atoms with Crippen LogP contribution in [-0.2, 0) is 14.3 Å². The molecule has 6 nitrogen and oxygen atoms in total. The first-order valence-corrected chi connectivity index (χ1v) is 7.21. The molecule has 0 aliphatic rings. The molecule has 0 saturated carbocycles. The van der Waals surface area contributed by atoms with E-state index in [9.17, 15) is 14.4 Å². The molecular formula is C18H17NO5. The molecule has 0 atom stereocenters. The van der Waals surface area contributed by atoms with Crippen LogP contribution in [0.2, 0.25) is 0 Å². The highest BCUT2D eigenvalue weighted by Gasteiger charge is 2.12. The van der Waals surface area contributed by atoms with E-state index in [1.54, 1.807) is 6.07 Å². The lowest BCUT2D eigenvalue weighted by Crippen LogP contribution is -2.21. The summed E-state index contributed by atoms with van der Waals surface area (Å²) in [4.78, 5) is 35.0. The Morgan fingerprint density at radius 1 is 0.958 bits per heavy atom.